The molecule has 0 saturated heterocycles. The Morgan fingerprint density at radius 2 is 1.76 bits per heavy atom. The van der Waals surface area contributed by atoms with E-state index in [9.17, 15) is 0 Å². The van der Waals surface area contributed by atoms with Crippen molar-refractivity contribution >= 4 is 29.1 Å². The standard InChI is InChI=1S/C16H18ClNO2S/c1-19-15-11-14(16(20-2)10-13(15)17)18-8-9-21-12-6-4-3-5-7-12/h3-7,10-11,18H,8-9H2,1-2H3. The van der Waals surface area contributed by atoms with Crippen molar-refractivity contribution in [2.45, 2.75) is 4.90 Å². The third-order valence-electron chi connectivity index (χ3n) is 2.90. The number of benzene rings is 2. The first kappa shape index (κ1) is 15.9. The lowest BCUT2D eigenvalue weighted by atomic mass is 10.2. The predicted octanol–water partition coefficient (Wildman–Crippen LogP) is 4.56. The number of ether oxygens (including phenoxy) is 2. The number of halogens is 1. The second-order valence-electron chi connectivity index (χ2n) is 4.28. The van der Waals surface area contributed by atoms with Crippen molar-refractivity contribution in [1.29, 1.82) is 0 Å². The lowest BCUT2D eigenvalue weighted by molar-refractivity contribution is 0.405. The van der Waals surface area contributed by atoms with Gasteiger partial charge in [-0.2, -0.15) is 0 Å². The van der Waals surface area contributed by atoms with E-state index in [4.69, 9.17) is 21.1 Å². The number of hydrogen-bond donors (Lipinski definition) is 1. The third-order valence-corrected chi connectivity index (χ3v) is 4.21. The SMILES string of the molecule is COc1cc(NCCSc2ccccc2)c(OC)cc1Cl. The molecule has 0 bridgehead atoms. The number of methoxy groups -OCH3 is 2. The van der Waals surface area contributed by atoms with Crippen molar-refractivity contribution < 1.29 is 9.47 Å². The highest BCUT2D eigenvalue weighted by Crippen LogP contribution is 2.35. The molecule has 0 spiro atoms. The number of thioether (sulfide) groups is 1. The van der Waals surface area contributed by atoms with Crippen molar-refractivity contribution in [3.8, 4) is 11.5 Å². The van der Waals surface area contributed by atoms with Gasteiger partial charge in [-0.3, -0.25) is 0 Å². The van der Waals surface area contributed by atoms with Gasteiger partial charge in [-0.15, -0.1) is 11.8 Å². The van der Waals surface area contributed by atoms with E-state index in [1.165, 1.54) is 4.90 Å². The van der Waals surface area contributed by atoms with Crippen molar-refractivity contribution in [1.82, 2.24) is 0 Å². The lowest BCUT2D eigenvalue weighted by Crippen LogP contribution is -2.05. The van der Waals surface area contributed by atoms with Crippen LogP contribution in [0.5, 0.6) is 11.5 Å². The molecule has 0 amide bonds. The summed E-state index contributed by atoms with van der Waals surface area (Å²) in [6.07, 6.45) is 0. The fourth-order valence-electron chi connectivity index (χ4n) is 1.87. The van der Waals surface area contributed by atoms with Crippen molar-refractivity contribution in [2.75, 3.05) is 31.8 Å². The highest BCUT2D eigenvalue weighted by Gasteiger charge is 2.09. The highest BCUT2D eigenvalue weighted by atomic mass is 35.5. The van der Waals surface area contributed by atoms with E-state index in [-0.39, 0.29) is 0 Å². The van der Waals surface area contributed by atoms with Gasteiger partial charge in [0.25, 0.3) is 0 Å². The number of nitrogens with one attached hydrogen (secondary N) is 1. The van der Waals surface area contributed by atoms with Crippen LogP contribution in [-0.4, -0.2) is 26.5 Å². The molecule has 2 aromatic rings. The van der Waals surface area contributed by atoms with Crippen LogP contribution in [0.15, 0.2) is 47.4 Å². The molecule has 0 radical (unpaired) electrons. The van der Waals surface area contributed by atoms with Crippen LogP contribution in [0.25, 0.3) is 0 Å². The molecular weight excluding hydrogens is 306 g/mol. The summed E-state index contributed by atoms with van der Waals surface area (Å²) < 4.78 is 10.6. The first-order chi connectivity index (χ1) is 10.2. The maximum absolute atomic E-state index is 6.08. The highest BCUT2D eigenvalue weighted by molar-refractivity contribution is 7.99. The summed E-state index contributed by atoms with van der Waals surface area (Å²) in [6.45, 7) is 0.820. The summed E-state index contributed by atoms with van der Waals surface area (Å²) in [4.78, 5) is 1.26. The first-order valence-electron chi connectivity index (χ1n) is 6.58. The van der Waals surface area contributed by atoms with E-state index in [1.807, 2.05) is 24.3 Å². The Balaban J connectivity index is 1.93. The van der Waals surface area contributed by atoms with Gasteiger partial charge in [0.15, 0.2) is 0 Å². The molecule has 0 unspecified atom stereocenters. The predicted molar refractivity (Wildman–Crippen MR) is 90.2 cm³/mol. The van der Waals surface area contributed by atoms with Crippen LogP contribution in [0.1, 0.15) is 0 Å². The van der Waals surface area contributed by atoms with Crippen LogP contribution in [0.2, 0.25) is 5.02 Å². The van der Waals surface area contributed by atoms with Gasteiger partial charge < -0.3 is 14.8 Å². The molecule has 2 aromatic carbocycles. The van der Waals surface area contributed by atoms with Crippen molar-refractivity contribution in [3.63, 3.8) is 0 Å². The van der Waals surface area contributed by atoms with E-state index < -0.39 is 0 Å². The van der Waals surface area contributed by atoms with Crippen LogP contribution in [0, 0.1) is 0 Å². The van der Waals surface area contributed by atoms with Crippen LogP contribution < -0.4 is 14.8 Å². The normalized spacial score (nSPS) is 10.2. The molecule has 0 fully saturated rings. The van der Waals surface area contributed by atoms with E-state index in [2.05, 4.69) is 17.4 Å². The first-order valence-corrected chi connectivity index (χ1v) is 7.94. The van der Waals surface area contributed by atoms with Gasteiger partial charge in [-0.25, -0.2) is 0 Å². The van der Waals surface area contributed by atoms with Crippen LogP contribution in [0.3, 0.4) is 0 Å². The van der Waals surface area contributed by atoms with E-state index in [0.717, 1.165) is 18.0 Å². The second kappa shape index (κ2) is 8.05. The molecule has 2 rings (SSSR count). The minimum atomic E-state index is 0.540. The topological polar surface area (TPSA) is 30.5 Å². The summed E-state index contributed by atoms with van der Waals surface area (Å²) in [5, 5.41) is 3.89. The van der Waals surface area contributed by atoms with Crippen molar-refractivity contribution in [3.05, 3.63) is 47.5 Å². The zero-order valence-corrected chi connectivity index (χ0v) is 13.6. The molecule has 21 heavy (non-hydrogen) atoms. The summed E-state index contributed by atoms with van der Waals surface area (Å²) in [5.74, 6) is 2.30. The quantitative estimate of drug-likeness (QED) is 0.597. The van der Waals surface area contributed by atoms with Crippen molar-refractivity contribution in [2.24, 2.45) is 0 Å². The fourth-order valence-corrected chi connectivity index (χ4v) is 2.89. The average Bonchev–Trinajstić information content (AvgIpc) is 2.53. The molecule has 0 heterocycles. The molecule has 0 saturated carbocycles. The minimum absolute atomic E-state index is 0.540. The van der Waals surface area contributed by atoms with Gasteiger partial charge in [-0.1, -0.05) is 29.8 Å². The fraction of sp³-hybridized carbons (Fsp3) is 0.250. The van der Waals surface area contributed by atoms with E-state index >= 15 is 0 Å². The molecule has 3 nitrogen and oxygen atoms in total. The molecular formula is C16H18ClNO2S. The molecule has 0 aliphatic heterocycles. The smallest absolute Gasteiger partial charge is 0.143 e. The Morgan fingerprint density at radius 1 is 1.05 bits per heavy atom. The molecule has 0 aliphatic carbocycles. The van der Waals surface area contributed by atoms with Crippen LogP contribution in [0.4, 0.5) is 5.69 Å². The Labute approximate surface area is 134 Å². The Kier molecular flexibility index (Phi) is 6.08. The van der Waals surface area contributed by atoms with Crippen LogP contribution in [-0.2, 0) is 0 Å². The summed E-state index contributed by atoms with van der Waals surface area (Å²) in [5.41, 5.74) is 0.882. The second-order valence-corrected chi connectivity index (χ2v) is 5.85. The summed E-state index contributed by atoms with van der Waals surface area (Å²) >= 11 is 7.89. The number of rotatable bonds is 7. The van der Waals surface area contributed by atoms with E-state index in [0.29, 0.717) is 16.5 Å². The Hall–Kier alpha value is -1.52. The zero-order chi connectivity index (χ0) is 15.1. The van der Waals surface area contributed by atoms with Gasteiger partial charge in [0.05, 0.1) is 24.9 Å². The molecule has 0 atom stereocenters. The Bertz CT molecular complexity index is 578. The maximum atomic E-state index is 6.08. The largest absolute Gasteiger partial charge is 0.495 e. The average molecular weight is 324 g/mol. The number of hydrogen-bond acceptors (Lipinski definition) is 4. The third kappa shape index (κ3) is 4.48. The monoisotopic (exact) mass is 323 g/mol. The van der Waals surface area contributed by atoms with Gasteiger partial charge >= 0.3 is 0 Å². The number of anilines is 1. The minimum Gasteiger partial charge on any atom is -0.495 e. The maximum Gasteiger partial charge on any atom is 0.143 e. The zero-order valence-electron chi connectivity index (χ0n) is 12.1. The van der Waals surface area contributed by atoms with Gasteiger partial charge in [0.2, 0.25) is 0 Å². The van der Waals surface area contributed by atoms with Gasteiger partial charge in [0.1, 0.15) is 11.5 Å². The van der Waals surface area contributed by atoms with Gasteiger partial charge in [0, 0.05) is 29.3 Å². The lowest BCUT2D eigenvalue weighted by Gasteiger charge is -2.13. The Morgan fingerprint density at radius 3 is 2.43 bits per heavy atom. The molecule has 5 heteroatoms. The summed E-state index contributed by atoms with van der Waals surface area (Å²) in [7, 11) is 3.23. The summed E-state index contributed by atoms with van der Waals surface area (Å²) in [6, 6.07) is 13.9. The molecule has 1 N–H and O–H groups in total. The molecule has 112 valence electrons. The van der Waals surface area contributed by atoms with Gasteiger partial charge in [-0.05, 0) is 12.1 Å². The molecule has 0 aromatic heterocycles. The van der Waals surface area contributed by atoms with Crippen LogP contribution >= 0.6 is 23.4 Å². The molecule has 0 aliphatic rings. The van der Waals surface area contributed by atoms with E-state index in [1.54, 1.807) is 32.0 Å².